The topological polar surface area (TPSA) is 108 Å². The van der Waals surface area contributed by atoms with E-state index < -0.39 is 20.0 Å². The van der Waals surface area contributed by atoms with Crippen molar-refractivity contribution in [1.29, 1.82) is 0 Å². The Bertz CT molecular complexity index is 984. The lowest BCUT2D eigenvalue weighted by molar-refractivity contribution is -0.870. The fourth-order valence-corrected chi connectivity index (χ4v) is 7.75. The van der Waals surface area contributed by atoms with Gasteiger partial charge in [0.15, 0.2) is 0 Å². The van der Waals surface area contributed by atoms with Crippen molar-refractivity contribution < 1.29 is 32.9 Å². The average Bonchev–Trinajstić information content (AvgIpc) is 3.16. The highest BCUT2D eigenvalue weighted by atomic mass is 31.2. The molecule has 0 aromatic rings. The number of aliphatic hydroxyl groups is 1. The van der Waals surface area contributed by atoms with Gasteiger partial charge in [-0.15, -0.1) is 0 Å². The number of nitrogens with zero attached hydrogens (tertiary/aromatic N) is 1. The number of phosphoric acid groups is 1. The quantitative estimate of drug-likeness (QED) is 0.0274. The Labute approximate surface area is 354 Å². The average molecular weight is 827 g/mol. The fourth-order valence-electron chi connectivity index (χ4n) is 7.03. The Balaban J connectivity index is 4.30. The maximum atomic E-state index is 12.9. The fraction of sp³-hybridized carbons (Fsp3) is 0.896. The standard InChI is InChI=1S/C48H95N2O6P/c1-6-8-10-12-14-16-18-20-22-23-24-25-26-27-28-30-32-34-36-38-40-42-48(52)49-46(45-56-57(53,54)55-44-43-50(3,4)5)47(51)41-39-37-35-33-31-29-21-19-17-15-13-11-9-7-2/h20,22,39,41,46-47,51H,6-19,21,23-38,40,42-45H2,1-5H3,(H-,49,52,53,54)/b22-20+,41-39+/t46-,47+/m0/s1. The molecule has 1 amide bonds. The van der Waals surface area contributed by atoms with E-state index in [0.717, 1.165) is 38.5 Å². The molecule has 0 aromatic carbocycles. The van der Waals surface area contributed by atoms with Gasteiger partial charge < -0.3 is 28.8 Å². The van der Waals surface area contributed by atoms with Gasteiger partial charge in [-0.2, -0.15) is 0 Å². The first kappa shape index (κ1) is 56.0. The summed E-state index contributed by atoms with van der Waals surface area (Å²) < 4.78 is 23.2. The number of rotatable bonds is 44. The maximum Gasteiger partial charge on any atom is 0.268 e. The zero-order valence-corrected chi connectivity index (χ0v) is 39.2. The van der Waals surface area contributed by atoms with Gasteiger partial charge in [-0.1, -0.05) is 199 Å². The van der Waals surface area contributed by atoms with Crippen LogP contribution in [0.15, 0.2) is 24.3 Å². The molecule has 0 saturated heterocycles. The second-order valence-electron chi connectivity index (χ2n) is 17.8. The molecule has 0 heterocycles. The lowest BCUT2D eigenvalue weighted by Gasteiger charge is -2.29. The van der Waals surface area contributed by atoms with E-state index in [2.05, 4.69) is 31.3 Å². The molecular formula is C48H95N2O6P. The van der Waals surface area contributed by atoms with Gasteiger partial charge in [0.25, 0.3) is 7.82 Å². The second-order valence-corrected chi connectivity index (χ2v) is 19.2. The largest absolute Gasteiger partial charge is 0.756 e. The third-order valence-corrected chi connectivity index (χ3v) is 11.9. The van der Waals surface area contributed by atoms with Crippen molar-refractivity contribution in [3.05, 3.63) is 24.3 Å². The lowest BCUT2D eigenvalue weighted by Crippen LogP contribution is -2.45. The molecule has 0 rings (SSSR count). The van der Waals surface area contributed by atoms with Crippen LogP contribution in [-0.2, 0) is 18.4 Å². The van der Waals surface area contributed by atoms with Gasteiger partial charge in [-0.25, -0.2) is 0 Å². The van der Waals surface area contributed by atoms with Crippen LogP contribution in [0.1, 0.15) is 226 Å². The van der Waals surface area contributed by atoms with Gasteiger partial charge in [0.1, 0.15) is 13.2 Å². The lowest BCUT2D eigenvalue weighted by atomic mass is 10.0. The molecular weight excluding hydrogens is 732 g/mol. The number of hydrogen-bond acceptors (Lipinski definition) is 6. The molecule has 57 heavy (non-hydrogen) atoms. The molecule has 0 aliphatic carbocycles. The van der Waals surface area contributed by atoms with Gasteiger partial charge in [0.05, 0.1) is 39.9 Å². The number of amides is 1. The van der Waals surface area contributed by atoms with Crippen molar-refractivity contribution in [1.82, 2.24) is 5.32 Å². The number of unbranched alkanes of at least 4 members (excludes halogenated alkanes) is 29. The Morgan fingerprint density at radius 3 is 1.37 bits per heavy atom. The van der Waals surface area contributed by atoms with E-state index in [0.29, 0.717) is 17.4 Å². The first-order valence-electron chi connectivity index (χ1n) is 24.2. The van der Waals surface area contributed by atoms with Crippen molar-refractivity contribution in [2.45, 2.75) is 238 Å². The predicted octanol–water partition coefficient (Wildman–Crippen LogP) is 13.1. The monoisotopic (exact) mass is 827 g/mol. The van der Waals surface area contributed by atoms with E-state index in [4.69, 9.17) is 9.05 Å². The molecule has 0 aliphatic heterocycles. The summed E-state index contributed by atoms with van der Waals surface area (Å²) in [6, 6.07) is -0.883. The third-order valence-electron chi connectivity index (χ3n) is 10.9. The predicted molar refractivity (Wildman–Crippen MR) is 242 cm³/mol. The van der Waals surface area contributed by atoms with E-state index in [1.54, 1.807) is 6.08 Å². The zero-order valence-electron chi connectivity index (χ0n) is 38.3. The van der Waals surface area contributed by atoms with Crippen molar-refractivity contribution in [2.24, 2.45) is 0 Å². The Kier molecular flexibility index (Phi) is 39.7. The number of likely N-dealkylation sites (N-methyl/N-ethyl adjacent to an activating group) is 1. The van der Waals surface area contributed by atoms with Crippen LogP contribution in [-0.4, -0.2) is 68.5 Å². The summed E-state index contributed by atoms with van der Waals surface area (Å²) in [5.41, 5.74) is 0. The number of carbonyl (C=O) groups is 1. The molecule has 1 unspecified atom stereocenters. The summed E-state index contributed by atoms with van der Waals surface area (Å²) in [6.45, 7) is 4.65. The van der Waals surface area contributed by atoms with Crippen LogP contribution >= 0.6 is 7.82 Å². The minimum Gasteiger partial charge on any atom is -0.756 e. The minimum atomic E-state index is -4.59. The number of aliphatic hydroxyl groups excluding tert-OH is 1. The zero-order chi connectivity index (χ0) is 42.1. The molecule has 3 atom stereocenters. The summed E-state index contributed by atoms with van der Waals surface area (Å²) in [4.78, 5) is 25.3. The molecule has 0 saturated carbocycles. The first-order valence-corrected chi connectivity index (χ1v) is 25.7. The van der Waals surface area contributed by atoms with Crippen LogP contribution in [0.25, 0.3) is 0 Å². The molecule has 338 valence electrons. The number of hydrogen-bond donors (Lipinski definition) is 2. The van der Waals surface area contributed by atoms with Gasteiger partial charge in [-0.05, 0) is 44.9 Å². The second kappa shape index (κ2) is 40.4. The van der Waals surface area contributed by atoms with E-state index >= 15 is 0 Å². The smallest absolute Gasteiger partial charge is 0.268 e. The molecule has 0 spiro atoms. The summed E-state index contributed by atoms with van der Waals surface area (Å²) >= 11 is 0. The summed E-state index contributed by atoms with van der Waals surface area (Å²) in [7, 11) is 1.27. The van der Waals surface area contributed by atoms with Crippen molar-refractivity contribution in [2.75, 3.05) is 40.9 Å². The van der Waals surface area contributed by atoms with E-state index in [1.165, 1.54) is 167 Å². The van der Waals surface area contributed by atoms with Gasteiger partial charge in [-0.3, -0.25) is 9.36 Å². The Morgan fingerprint density at radius 2 is 0.965 bits per heavy atom. The molecule has 0 aliphatic rings. The van der Waals surface area contributed by atoms with E-state index in [9.17, 15) is 19.4 Å². The van der Waals surface area contributed by atoms with Crippen LogP contribution in [0.2, 0.25) is 0 Å². The number of phosphoric ester groups is 1. The van der Waals surface area contributed by atoms with Gasteiger partial charge in [0, 0.05) is 6.42 Å². The molecule has 0 bridgehead atoms. The third kappa shape index (κ3) is 42.9. The van der Waals surface area contributed by atoms with E-state index in [-0.39, 0.29) is 19.1 Å². The van der Waals surface area contributed by atoms with Crippen LogP contribution in [0.5, 0.6) is 0 Å². The van der Waals surface area contributed by atoms with Crippen molar-refractivity contribution in [3.8, 4) is 0 Å². The summed E-state index contributed by atoms with van der Waals surface area (Å²) in [5, 5.41) is 13.8. The molecule has 0 aromatic heterocycles. The maximum absolute atomic E-state index is 12.9. The van der Waals surface area contributed by atoms with Crippen LogP contribution in [0.3, 0.4) is 0 Å². The highest BCUT2D eigenvalue weighted by molar-refractivity contribution is 7.45. The Morgan fingerprint density at radius 1 is 0.596 bits per heavy atom. The molecule has 9 heteroatoms. The molecule has 8 nitrogen and oxygen atoms in total. The number of allylic oxidation sites excluding steroid dienone is 3. The first-order chi connectivity index (χ1) is 27.5. The normalized spacial score (nSPS) is 14.4. The van der Waals surface area contributed by atoms with E-state index in [1.807, 2.05) is 27.2 Å². The minimum absolute atomic E-state index is 0.000286. The highest BCUT2D eigenvalue weighted by Gasteiger charge is 2.23. The number of nitrogens with one attached hydrogen (secondary N) is 1. The summed E-state index contributed by atoms with van der Waals surface area (Å²) in [6.07, 6.45) is 47.9. The molecule has 0 fully saturated rings. The van der Waals surface area contributed by atoms with Crippen molar-refractivity contribution in [3.63, 3.8) is 0 Å². The van der Waals surface area contributed by atoms with Gasteiger partial charge in [0.2, 0.25) is 5.91 Å². The molecule has 0 radical (unpaired) electrons. The molecule has 2 N–H and O–H groups in total. The summed E-state index contributed by atoms with van der Waals surface area (Å²) in [5.74, 6) is -0.197. The Hall–Kier alpha value is -1.02. The SMILES string of the molecule is CCCCCCCC/C=C/CCCCCCCCCCCCCC(=O)N[C@@H](COP(=O)([O-])OCC[N+](C)(C)C)[C@H](O)/C=C/CCCCCCCCCCCCCC. The highest BCUT2D eigenvalue weighted by Crippen LogP contribution is 2.38. The van der Waals surface area contributed by atoms with Crippen molar-refractivity contribution >= 4 is 13.7 Å². The van der Waals surface area contributed by atoms with Gasteiger partial charge >= 0.3 is 0 Å². The van der Waals surface area contributed by atoms with Crippen LogP contribution in [0, 0.1) is 0 Å². The number of quaternary nitrogens is 1. The van der Waals surface area contributed by atoms with Crippen LogP contribution in [0.4, 0.5) is 0 Å². The number of carbonyl (C=O) groups excluding carboxylic acids is 1. The van der Waals surface area contributed by atoms with Crippen LogP contribution < -0.4 is 10.2 Å².